The summed E-state index contributed by atoms with van der Waals surface area (Å²) in [6.07, 6.45) is 2.11. The van der Waals surface area contributed by atoms with E-state index < -0.39 is 0 Å². The van der Waals surface area contributed by atoms with Gasteiger partial charge in [-0.1, -0.05) is 0 Å². The van der Waals surface area contributed by atoms with Gasteiger partial charge in [0, 0.05) is 18.8 Å². The van der Waals surface area contributed by atoms with Crippen molar-refractivity contribution in [2.45, 2.75) is 6.04 Å². The van der Waals surface area contributed by atoms with Gasteiger partial charge in [0.15, 0.2) is 0 Å². The van der Waals surface area contributed by atoms with Crippen LogP contribution in [0.1, 0.15) is 0 Å². The van der Waals surface area contributed by atoms with E-state index in [1.807, 2.05) is 11.8 Å². The van der Waals surface area contributed by atoms with Crippen LogP contribution in [0.5, 0.6) is 0 Å². The lowest BCUT2D eigenvalue weighted by molar-refractivity contribution is -0.0243. The van der Waals surface area contributed by atoms with Crippen LogP contribution in [0.2, 0.25) is 0 Å². The number of hydrogen-bond donors (Lipinski definition) is 1. The van der Waals surface area contributed by atoms with E-state index in [0.717, 1.165) is 25.4 Å². The van der Waals surface area contributed by atoms with Crippen molar-refractivity contribution in [3.05, 3.63) is 0 Å². The number of thioether (sulfide) groups is 1. The Morgan fingerprint density at radius 1 is 1.67 bits per heavy atom. The maximum atomic E-state index is 9.03. The third-order valence-corrected chi connectivity index (χ3v) is 2.73. The number of nitrogens with zero attached hydrogens (tertiary/aromatic N) is 1. The van der Waals surface area contributed by atoms with Crippen LogP contribution in [-0.2, 0) is 4.74 Å². The predicted octanol–water partition coefficient (Wildman–Crippen LogP) is 0.0425. The first-order chi connectivity index (χ1) is 5.88. The summed E-state index contributed by atoms with van der Waals surface area (Å²) in [5.74, 6) is 1.14. The Bertz CT molecular complexity index is 124. The SMILES string of the molecule is CSCCN1CCOCC1CO. The van der Waals surface area contributed by atoms with Crippen molar-refractivity contribution >= 4 is 11.8 Å². The van der Waals surface area contributed by atoms with E-state index in [-0.39, 0.29) is 12.6 Å². The summed E-state index contributed by atoms with van der Waals surface area (Å²) in [6, 6.07) is 0.228. The van der Waals surface area contributed by atoms with Gasteiger partial charge in [0.1, 0.15) is 0 Å². The Labute approximate surface area is 78.1 Å². The third kappa shape index (κ3) is 2.94. The molecule has 1 saturated heterocycles. The van der Waals surface area contributed by atoms with Gasteiger partial charge in [0.2, 0.25) is 0 Å². The Morgan fingerprint density at radius 3 is 3.17 bits per heavy atom. The quantitative estimate of drug-likeness (QED) is 0.680. The zero-order valence-electron chi connectivity index (χ0n) is 7.53. The highest BCUT2D eigenvalue weighted by Crippen LogP contribution is 2.07. The van der Waals surface area contributed by atoms with Gasteiger partial charge in [0.25, 0.3) is 0 Å². The first-order valence-electron chi connectivity index (χ1n) is 4.30. The molecule has 0 aromatic heterocycles. The fraction of sp³-hybridized carbons (Fsp3) is 1.00. The molecule has 0 aliphatic carbocycles. The molecule has 1 fully saturated rings. The standard InChI is InChI=1S/C8H17NO2S/c1-12-5-3-9-2-4-11-7-8(9)6-10/h8,10H,2-7H2,1H3. The van der Waals surface area contributed by atoms with Crippen molar-refractivity contribution in [2.24, 2.45) is 0 Å². The summed E-state index contributed by atoms with van der Waals surface area (Å²) in [7, 11) is 0. The van der Waals surface area contributed by atoms with Crippen molar-refractivity contribution in [3.8, 4) is 0 Å². The number of aliphatic hydroxyl groups is 1. The maximum Gasteiger partial charge on any atom is 0.0644 e. The van der Waals surface area contributed by atoms with Crippen molar-refractivity contribution in [1.29, 1.82) is 0 Å². The molecule has 1 N–H and O–H groups in total. The number of aliphatic hydroxyl groups excluding tert-OH is 1. The Morgan fingerprint density at radius 2 is 2.50 bits per heavy atom. The normalized spacial score (nSPS) is 26.0. The third-order valence-electron chi connectivity index (χ3n) is 2.14. The fourth-order valence-electron chi connectivity index (χ4n) is 1.36. The van der Waals surface area contributed by atoms with Crippen molar-refractivity contribution in [1.82, 2.24) is 4.90 Å². The first-order valence-corrected chi connectivity index (χ1v) is 5.69. The minimum absolute atomic E-state index is 0.217. The van der Waals surface area contributed by atoms with Crippen LogP contribution in [0.15, 0.2) is 0 Å². The van der Waals surface area contributed by atoms with Gasteiger partial charge in [-0.05, 0) is 6.26 Å². The van der Waals surface area contributed by atoms with E-state index in [2.05, 4.69) is 11.2 Å². The molecule has 0 radical (unpaired) electrons. The van der Waals surface area contributed by atoms with Crippen LogP contribution < -0.4 is 0 Å². The van der Waals surface area contributed by atoms with Crippen molar-refractivity contribution in [3.63, 3.8) is 0 Å². The molecule has 0 aromatic carbocycles. The lowest BCUT2D eigenvalue weighted by atomic mass is 10.2. The molecule has 1 unspecified atom stereocenters. The van der Waals surface area contributed by atoms with Gasteiger partial charge in [-0.25, -0.2) is 0 Å². The number of rotatable bonds is 4. The highest BCUT2D eigenvalue weighted by Gasteiger charge is 2.20. The van der Waals surface area contributed by atoms with E-state index in [9.17, 15) is 0 Å². The van der Waals surface area contributed by atoms with Gasteiger partial charge >= 0.3 is 0 Å². The monoisotopic (exact) mass is 191 g/mol. The van der Waals surface area contributed by atoms with Crippen LogP contribution >= 0.6 is 11.8 Å². The molecule has 3 nitrogen and oxygen atoms in total. The number of hydrogen-bond acceptors (Lipinski definition) is 4. The molecular weight excluding hydrogens is 174 g/mol. The number of morpholine rings is 1. The van der Waals surface area contributed by atoms with Gasteiger partial charge in [-0.2, -0.15) is 11.8 Å². The van der Waals surface area contributed by atoms with E-state index in [1.165, 1.54) is 0 Å². The molecule has 0 spiro atoms. The summed E-state index contributed by atoms with van der Waals surface area (Å²) in [4.78, 5) is 2.31. The van der Waals surface area contributed by atoms with Gasteiger partial charge < -0.3 is 9.84 Å². The summed E-state index contributed by atoms with van der Waals surface area (Å²) in [5.41, 5.74) is 0. The van der Waals surface area contributed by atoms with E-state index in [4.69, 9.17) is 9.84 Å². The second-order valence-electron chi connectivity index (χ2n) is 2.94. The molecule has 1 aliphatic rings. The van der Waals surface area contributed by atoms with E-state index in [1.54, 1.807) is 0 Å². The Kier molecular flexibility index (Phi) is 4.99. The topological polar surface area (TPSA) is 32.7 Å². The lowest BCUT2D eigenvalue weighted by Crippen LogP contribution is -2.48. The van der Waals surface area contributed by atoms with Crippen LogP contribution in [0.3, 0.4) is 0 Å². The van der Waals surface area contributed by atoms with Gasteiger partial charge in [-0.15, -0.1) is 0 Å². The molecule has 0 bridgehead atoms. The summed E-state index contributed by atoms with van der Waals surface area (Å²) >= 11 is 1.84. The second-order valence-corrected chi connectivity index (χ2v) is 3.93. The molecule has 12 heavy (non-hydrogen) atoms. The van der Waals surface area contributed by atoms with Crippen LogP contribution in [-0.4, -0.2) is 61.0 Å². The minimum atomic E-state index is 0.217. The fourth-order valence-corrected chi connectivity index (χ4v) is 1.78. The largest absolute Gasteiger partial charge is 0.395 e. The minimum Gasteiger partial charge on any atom is -0.395 e. The van der Waals surface area contributed by atoms with Gasteiger partial charge in [0.05, 0.1) is 25.9 Å². The molecule has 0 aromatic rings. The van der Waals surface area contributed by atoms with E-state index >= 15 is 0 Å². The van der Waals surface area contributed by atoms with Crippen molar-refractivity contribution in [2.75, 3.05) is 44.9 Å². The molecule has 1 heterocycles. The van der Waals surface area contributed by atoms with Crippen LogP contribution in [0, 0.1) is 0 Å². The van der Waals surface area contributed by atoms with Gasteiger partial charge in [-0.3, -0.25) is 4.90 Å². The van der Waals surface area contributed by atoms with E-state index in [0.29, 0.717) is 6.61 Å². The zero-order valence-corrected chi connectivity index (χ0v) is 8.35. The average Bonchev–Trinajstić information content (AvgIpc) is 2.15. The highest BCUT2D eigenvalue weighted by molar-refractivity contribution is 7.98. The summed E-state index contributed by atoms with van der Waals surface area (Å²) < 4.78 is 5.27. The summed E-state index contributed by atoms with van der Waals surface area (Å²) in [5, 5.41) is 9.03. The smallest absolute Gasteiger partial charge is 0.0644 e. The maximum absolute atomic E-state index is 9.03. The molecule has 72 valence electrons. The van der Waals surface area contributed by atoms with Crippen molar-refractivity contribution < 1.29 is 9.84 Å². The lowest BCUT2D eigenvalue weighted by Gasteiger charge is -2.34. The van der Waals surface area contributed by atoms with Crippen LogP contribution in [0.25, 0.3) is 0 Å². The molecule has 1 atom stereocenters. The predicted molar refractivity (Wildman–Crippen MR) is 51.6 cm³/mol. The number of ether oxygens (including phenoxy) is 1. The summed E-state index contributed by atoms with van der Waals surface area (Å²) in [6.45, 7) is 3.74. The van der Waals surface area contributed by atoms with Crippen LogP contribution in [0.4, 0.5) is 0 Å². The molecule has 1 rings (SSSR count). The average molecular weight is 191 g/mol. The Hall–Kier alpha value is 0.230. The molecule has 4 heteroatoms. The molecule has 0 saturated carbocycles. The first kappa shape index (κ1) is 10.3. The molecule has 0 amide bonds. The molecular formula is C8H17NO2S. The Balaban J connectivity index is 2.26. The second kappa shape index (κ2) is 5.80. The zero-order chi connectivity index (χ0) is 8.81. The molecule has 1 aliphatic heterocycles. The highest BCUT2D eigenvalue weighted by atomic mass is 32.2.